The highest BCUT2D eigenvalue weighted by Crippen LogP contribution is 2.52. The van der Waals surface area contributed by atoms with Crippen molar-refractivity contribution in [2.75, 3.05) is 13.2 Å². The zero-order valence-electron chi connectivity index (χ0n) is 9.26. The van der Waals surface area contributed by atoms with E-state index in [9.17, 15) is 5.11 Å². The van der Waals surface area contributed by atoms with Gasteiger partial charge in [-0.1, -0.05) is 6.92 Å². The van der Waals surface area contributed by atoms with Gasteiger partial charge in [-0.15, -0.1) is 0 Å². The third-order valence-electron chi connectivity index (χ3n) is 4.51. The van der Waals surface area contributed by atoms with Crippen molar-refractivity contribution in [2.45, 2.75) is 38.6 Å². The van der Waals surface area contributed by atoms with Crippen molar-refractivity contribution in [2.24, 2.45) is 23.7 Å². The van der Waals surface area contributed by atoms with Gasteiger partial charge in [0.2, 0.25) is 0 Å². The van der Waals surface area contributed by atoms with Crippen LogP contribution in [0.4, 0.5) is 0 Å². The molecule has 0 amide bonds. The van der Waals surface area contributed by atoms with Gasteiger partial charge in [-0.25, -0.2) is 0 Å². The minimum absolute atomic E-state index is 0.0142. The summed E-state index contributed by atoms with van der Waals surface area (Å²) in [4.78, 5) is 0. The van der Waals surface area contributed by atoms with Gasteiger partial charge < -0.3 is 14.6 Å². The van der Waals surface area contributed by atoms with Crippen molar-refractivity contribution >= 4 is 0 Å². The molecular formula is C12H20O3. The normalized spacial score (nSPS) is 51.2. The van der Waals surface area contributed by atoms with Gasteiger partial charge in [0, 0.05) is 5.92 Å². The SMILES string of the molecule is C[C@@H]1C[C@@H]2C[C@@H](O)C[C@@H]2[C@H]1C1OCCO1. The monoisotopic (exact) mass is 212 g/mol. The maximum atomic E-state index is 9.70. The molecule has 0 unspecified atom stereocenters. The minimum Gasteiger partial charge on any atom is -0.393 e. The number of fused-ring (bicyclic) bond motifs is 1. The lowest BCUT2D eigenvalue weighted by Crippen LogP contribution is -2.29. The van der Waals surface area contributed by atoms with Gasteiger partial charge in [0.25, 0.3) is 0 Å². The Balaban J connectivity index is 1.75. The summed E-state index contributed by atoms with van der Waals surface area (Å²) in [5.41, 5.74) is 0. The van der Waals surface area contributed by atoms with Crippen LogP contribution in [0.25, 0.3) is 0 Å². The third-order valence-corrected chi connectivity index (χ3v) is 4.51. The lowest BCUT2D eigenvalue weighted by molar-refractivity contribution is -0.106. The standard InChI is InChI=1S/C12H20O3/c1-7-4-8-5-9(13)6-10(8)11(7)12-14-2-3-15-12/h7-13H,2-6H2,1H3/t7-,8-,9-,10+,11+/m1/s1. The van der Waals surface area contributed by atoms with Crippen LogP contribution in [0.2, 0.25) is 0 Å². The Hall–Kier alpha value is -0.120. The summed E-state index contributed by atoms with van der Waals surface area (Å²) >= 11 is 0. The van der Waals surface area contributed by atoms with E-state index in [1.807, 2.05) is 0 Å². The van der Waals surface area contributed by atoms with E-state index in [2.05, 4.69) is 6.92 Å². The van der Waals surface area contributed by atoms with E-state index in [-0.39, 0.29) is 12.4 Å². The number of aliphatic hydroxyl groups is 1. The Kier molecular flexibility index (Phi) is 2.49. The van der Waals surface area contributed by atoms with E-state index < -0.39 is 0 Å². The number of ether oxygens (including phenoxy) is 2. The molecule has 0 spiro atoms. The molecule has 2 saturated carbocycles. The summed E-state index contributed by atoms with van der Waals surface area (Å²) in [6.07, 6.45) is 3.15. The number of hydrogen-bond donors (Lipinski definition) is 1. The van der Waals surface area contributed by atoms with Crippen LogP contribution in [0.5, 0.6) is 0 Å². The van der Waals surface area contributed by atoms with Crippen LogP contribution in [0.1, 0.15) is 26.2 Å². The second-order valence-electron chi connectivity index (χ2n) is 5.45. The van der Waals surface area contributed by atoms with Gasteiger partial charge >= 0.3 is 0 Å². The summed E-state index contributed by atoms with van der Waals surface area (Å²) in [7, 11) is 0. The highest BCUT2D eigenvalue weighted by molar-refractivity contribution is 4.97. The van der Waals surface area contributed by atoms with E-state index in [0.29, 0.717) is 23.7 Å². The number of rotatable bonds is 1. The van der Waals surface area contributed by atoms with Crippen LogP contribution in [-0.4, -0.2) is 30.7 Å². The maximum absolute atomic E-state index is 9.70. The van der Waals surface area contributed by atoms with Crippen LogP contribution in [-0.2, 0) is 9.47 Å². The van der Waals surface area contributed by atoms with E-state index in [4.69, 9.17) is 9.47 Å². The molecule has 3 aliphatic rings. The molecule has 86 valence electrons. The lowest BCUT2D eigenvalue weighted by Gasteiger charge is -2.26. The van der Waals surface area contributed by atoms with Crippen molar-refractivity contribution in [3.63, 3.8) is 0 Å². The fraction of sp³-hybridized carbons (Fsp3) is 1.00. The molecule has 0 aromatic carbocycles. The minimum atomic E-state index is -0.0728. The number of aliphatic hydroxyl groups excluding tert-OH is 1. The summed E-state index contributed by atoms with van der Waals surface area (Å²) < 4.78 is 11.3. The highest BCUT2D eigenvalue weighted by Gasteiger charge is 2.50. The Morgan fingerprint density at radius 1 is 1.07 bits per heavy atom. The quantitative estimate of drug-likeness (QED) is 0.714. The van der Waals surface area contributed by atoms with Crippen LogP contribution >= 0.6 is 0 Å². The smallest absolute Gasteiger partial charge is 0.161 e. The maximum Gasteiger partial charge on any atom is 0.161 e. The molecule has 0 aromatic rings. The largest absolute Gasteiger partial charge is 0.393 e. The Labute approximate surface area is 90.8 Å². The molecule has 1 aliphatic heterocycles. The second kappa shape index (κ2) is 3.72. The fourth-order valence-electron chi connectivity index (χ4n) is 4.00. The van der Waals surface area contributed by atoms with Crippen LogP contribution in [0.3, 0.4) is 0 Å². The summed E-state index contributed by atoms with van der Waals surface area (Å²) in [6, 6.07) is 0. The molecule has 1 heterocycles. The molecule has 3 nitrogen and oxygen atoms in total. The summed E-state index contributed by atoms with van der Waals surface area (Å²) in [5.74, 6) is 2.57. The molecule has 5 atom stereocenters. The van der Waals surface area contributed by atoms with E-state index >= 15 is 0 Å². The van der Waals surface area contributed by atoms with E-state index in [0.717, 1.165) is 26.1 Å². The molecular weight excluding hydrogens is 192 g/mol. The van der Waals surface area contributed by atoms with Crippen molar-refractivity contribution in [3.05, 3.63) is 0 Å². The lowest BCUT2D eigenvalue weighted by atomic mass is 9.88. The van der Waals surface area contributed by atoms with Crippen molar-refractivity contribution in [1.29, 1.82) is 0 Å². The average molecular weight is 212 g/mol. The first-order valence-electron chi connectivity index (χ1n) is 6.17. The molecule has 0 bridgehead atoms. The first kappa shape index (κ1) is 10.1. The zero-order chi connectivity index (χ0) is 10.4. The van der Waals surface area contributed by atoms with Crippen LogP contribution in [0.15, 0.2) is 0 Å². The summed E-state index contributed by atoms with van der Waals surface area (Å²) in [5, 5.41) is 9.70. The molecule has 3 heteroatoms. The zero-order valence-corrected chi connectivity index (χ0v) is 9.26. The average Bonchev–Trinajstić information content (AvgIpc) is 2.80. The van der Waals surface area contributed by atoms with Gasteiger partial charge in [-0.05, 0) is 37.0 Å². The van der Waals surface area contributed by atoms with Crippen LogP contribution < -0.4 is 0 Å². The highest BCUT2D eigenvalue weighted by atomic mass is 16.7. The van der Waals surface area contributed by atoms with Gasteiger partial charge in [-0.2, -0.15) is 0 Å². The predicted octanol–water partition coefficient (Wildman–Crippen LogP) is 1.40. The van der Waals surface area contributed by atoms with Gasteiger partial charge in [0.1, 0.15) is 0 Å². The van der Waals surface area contributed by atoms with Crippen molar-refractivity contribution < 1.29 is 14.6 Å². The Bertz CT molecular complexity index is 237. The summed E-state index contributed by atoms with van der Waals surface area (Å²) in [6.45, 7) is 3.79. The van der Waals surface area contributed by atoms with E-state index in [1.165, 1.54) is 6.42 Å². The Morgan fingerprint density at radius 2 is 1.80 bits per heavy atom. The van der Waals surface area contributed by atoms with Gasteiger partial charge in [-0.3, -0.25) is 0 Å². The number of hydrogen-bond acceptors (Lipinski definition) is 3. The molecule has 0 aromatic heterocycles. The fourth-order valence-corrected chi connectivity index (χ4v) is 4.00. The van der Waals surface area contributed by atoms with Crippen molar-refractivity contribution in [1.82, 2.24) is 0 Å². The third kappa shape index (κ3) is 1.61. The molecule has 1 N–H and O–H groups in total. The van der Waals surface area contributed by atoms with Crippen LogP contribution in [0, 0.1) is 23.7 Å². The molecule has 0 radical (unpaired) electrons. The first-order chi connectivity index (χ1) is 7.25. The van der Waals surface area contributed by atoms with Gasteiger partial charge in [0.05, 0.1) is 19.3 Å². The molecule has 3 fully saturated rings. The van der Waals surface area contributed by atoms with Gasteiger partial charge in [0.15, 0.2) is 6.29 Å². The molecule has 3 rings (SSSR count). The second-order valence-corrected chi connectivity index (χ2v) is 5.45. The molecule has 1 saturated heterocycles. The molecule has 2 aliphatic carbocycles. The predicted molar refractivity (Wildman–Crippen MR) is 55.2 cm³/mol. The van der Waals surface area contributed by atoms with Crippen molar-refractivity contribution in [3.8, 4) is 0 Å². The Morgan fingerprint density at radius 3 is 2.53 bits per heavy atom. The van der Waals surface area contributed by atoms with E-state index in [1.54, 1.807) is 0 Å². The molecule has 15 heavy (non-hydrogen) atoms. The first-order valence-corrected chi connectivity index (χ1v) is 6.17. The topological polar surface area (TPSA) is 38.7 Å².